The molecule has 1 amide bonds. The predicted molar refractivity (Wildman–Crippen MR) is 50.0 cm³/mol. The van der Waals surface area contributed by atoms with Gasteiger partial charge >= 0.3 is 0 Å². The Morgan fingerprint density at radius 3 is 2.77 bits per heavy atom. The van der Waals surface area contributed by atoms with Crippen molar-refractivity contribution >= 4 is 5.91 Å². The molecule has 0 aliphatic heterocycles. The number of carbonyl (C=O) groups is 1. The first-order valence-corrected chi connectivity index (χ1v) is 4.88. The van der Waals surface area contributed by atoms with E-state index in [1.165, 1.54) is 19.3 Å². The molecule has 1 aliphatic rings. The molecule has 0 saturated heterocycles. The number of hydrogen-bond acceptors (Lipinski definition) is 3. The smallest absolute Gasteiger partial charge is 0.239 e. The minimum Gasteiger partial charge on any atom is -0.394 e. The number of hydrogen-bond donors (Lipinski definition) is 3. The predicted octanol–water partition coefficient (Wildman–Crippen LogP) is -0.388. The van der Waals surface area contributed by atoms with Crippen LogP contribution in [0.25, 0.3) is 0 Å². The van der Waals surface area contributed by atoms with Crippen molar-refractivity contribution in [2.45, 2.75) is 31.7 Å². The van der Waals surface area contributed by atoms with Crippen LogP contribution in [0.4, 0.5) is 0 Å². The molecule has 0 aromatic heterocycles. The molecule has 1 atom stereocenters. The highest BCUT2D eigenvalue weighted by Crippen LogP contribution is 2.28. The first-order chi connectivity index (χ1) is 6.24. The quantitative estimate of drug-likeness (QED) is 0.547. The van der Waals surface area contributed by atoms with Gasteiger partial charge in [0.1, 0.15) is 6.04 Å². The highest BCUT2D eigenvalue weighted by molar-refractivity contribution is 5.81. The van der Waals surface area contributed by atoms with Crippen molar-refractivity contribution in [3.63, 3.8) is 0 Å². The number of nitrogens with one attached hydrogen (secondary N) is 1. The van der Waals surface area contributed by atoms with E-state index in [1.807, 2.05) is 0 Å². The van der Waals surface area contributed by atoms with Gasteiger partial charge in [-0.15, -0.1) is 0 Å². The summed E-state index contributed by atoms with van der Waals surface area (Å²) >= 11 is 0. The molecule has 0 aromatic carbocycles. The van der Waals surface area contributed by atoms with Gasteiger partial charge in [-0.25, -0.2) is 0 Å². The van der Waals surface area contributed by atoms with E-state index in [4.69, 9.17) is 10.8 Å². The van der Waals surface area contributed by atoms with E-state index in [0.717, 1.165) is 12.3 Å². The second-order valence-electron chi connectivity index (χ2n) is 3.67. The van der Waals surface area contributed by atoms with Crippen molar-refractivity contribution in [3.05, 3.63) is 0 Å². The molecule has 4 heteroatoms. The molecule has 76 valence electrons. The van der Waals surface area contributed by atoms with Crippen LogP contribution < -0.4 is 11.1 Å². The Balaban J connectivity index is 2.00. The Labute approximate surface area is 78.5 Å². The third kappa shape index (κ3) is 3.32. The SMILES string of the molecule is NC(CO)C(=O)NCCC1CCC1. The van der Waals surface area contributed by atoms with Gasteiger partial charge in [0.25, 0.3) is 0 Å². The lowest BCUT2D eigenvalue weighted by Crippen LogP contribution is -2.43. The minimum absolute atomic E-state index is 0.248. The summed E-state index contributed by atoms with van der Waals surface area (Å²) in [6, 6.07) is -0.763. The molecule has 4 N–H and O–H groups in total. The lowest BCUT2D eigenvalue weighted by Gasteiger charge is -2.25. The molecule has 13 heavy (non-hydrogen) atoms. The zero-order chi connectivity index (χ0) is 9.68. The molecule has 1 saturated carbocycles. The summed E-state index contributed by atoms with van der Waals surface area (Å²) in [5, 5.41) is 11.3. The second-order valence-corrected chi connectivity index (χ2v) is 3.67. The van der Waals surface area contributed by atoms with Crippen LogP contribution in [0.2, 0.25) is 0 Å². The van der Waals surface area contributed by atoms with Crippen molar-refractivity contribution in [3.8, 4) is 0 Å². The van der Waals surface area contributed by atoms with Gasteiger partial charge in [-0.2, -0.15) is 0 Å². The van der Waals surface area contributed by atoms with E-state index in [1.54, 1.807) is 0 Å². The second kappa shape index (κ2) is 5.19. The standard InChI is InChI=1S/C9H18N2O2/c10-8(6-12)9(13)11-5-4-7-2-1-3-7/h7-8,12H,1-6,10H2,(H,11,13). The maximum absolute atomic E-state index is 11.1. The van der Waals surface area contributed by atoms with Crippen molar-refractivity contribution in [1.29, 1.82) is 0 Å². The van der Waals surface area contributed by atoms with Crippen LogP contribution in [-0.4, -0.2) is 30.2 Å². The Morgan fingerprint density at radius 2 is 2.31 bits per heavy atom. The lowest BCUT2D eigenvalue weighted by atomic mass is 9.83. The average Bonchev–Trinajstić information content (AvgIpc) is 2.07. The third-order valence-electron chi connectivity index (χ3n) is 2.61. The van der Waals surface area contributed by atoms with Crippen molar-refractivity contribution in [1.82, 2.24) is 5.32 Å². The van der Waals surface area contributed by atoms with E-state index in [2.05, 4.69) is 5.32 Å². The van der Waals surface area contributed by atoms with Gasteiger partial charge in [0.05, 0.1) is 6.61 Å². The number of rotatable bonds is 5. The van der Waals surface area contributed by atoms with Gasteiger partial charge in [-0.3, -0.25) is 4.79 Å². The van der Waals surface area contributed by atoms with Crippen LogP contribution in [0.3, 0.4) is 0 Å². The first kappa shape index (κ1) is 10.5. The zero-order valence-corrected chi connectivity index (χ0v) is 7.83. The molecule has 0 bridgehead atoms. The van der Waals surface area contributed by atoms with Gasteiger partial charge in [0.2, 0.25) is 5.91 Å². The summed E-state index contributed by atoms with van der Waals surface area (Å²) in [5.74, 6) is 0.549. The van der Waals surface area contributed by atoms with Crippen LogP contribution >= 0.6 is 0 Å². The molecule has 0 aromatic rings. The number of carbonyl (C=O) groups excluding carboxylic acids is 1. The topological polar surface area (TPSA) is 75.3 Å². The van der Waals surface area contributed by atoms with Gasteiger partial charge in [-0.1, -0.05) is 19.3 Å². The van der Waals surface area contributed by atoms with Gasteiger partial charge in [-0.05, 0) is 12.3 Å². The average molecular weight is 186 g/mol. The molecular weight excluding hydrogens is 168 g/mol. The minimum atomic E-state index is -0.763. The molecule has 1 unspecified atom stereocenters. The number of aliphatic hydroxyl groups excluding tert-OH is 1. The molecule has 4 nitrogen and oxygen atoms in total. The van der Waals surface area contributed by atoms with Gasteiger partial charge < -0.3 is 16.2 Å². The van der Waals surface area contributed by atoms with E-state index >= 15 is 0 Å². The summed E-state index contributed by atoms with van der Waals surface area (Å²) in [7, 11) is 0. The molecular formula is C9H18N2O2. The van der Waals surface area contributed by atoms with E-state index in [0.29, 0.717) is 6.54 Å². The molecule has 0 heterocycles. The summed E-state index contributed by atoms with van der Waals surface area (Å²) in [5.41, 5.74) is 5.32. The number of nitrogens with two attached hydrogens (primary N) is 1. The van der Waals surface area contributed by atoms with E-state index < -0.39 is 6.04 Å². The molecule has 0 radical (unpaired) electrons. The summed E-state index contributed by atoms with van der Waals surface area (Å²) in [6.07, 6.45) is 4.96. The summed E-state index contributed by atoms with van der Waals surface area (Å²) < 4.78 is 0. The monoisotopic (exact) mass is 186 g/mol. The third-order valence-corrected chi connectivity index (χ3v) is 2.61. The Bertz CT molecular complexity index is 169. The normalized spacial score (nSPS) is 19.2. The summed E-state index contributed by atoms with van der Waals surface area (Å²) in [6.45, 7) is 0.409. The van der Waals surface area contributed by atoms with Crippen molar-refractivity contribution in [2.75, 3.05) is 13.2 Å². The van der Waals surface area contributed by atoms with Gasteiger partial charge in [0, 0.05) is 6.54 Å². The van der Waals surface area contributed by atoms with Crippen LogP contribution in [0, 0.1) is 5.92 Å². The van der Waals surface area contributed by atoms with Crippen LogP contribution in [0.1, 0.15) is 25.7 Å². The number of aliphatic hydroxyl groups is 1. The Morgan fingerprint density at radius 1 is 1.62 bits per heavy atom. The van der Waals surface area contributed by atoms with Crippen molar-refractivity contribution < 1.29 is 9.90 Å². The van der Waals surface area contributed by atoms with E-state index in [-0.39, 0.29) is 12.5 Å². The van der Waals surface area contributed by atoms with Crippen molar-refractivity contribution in [2.24, 2.45) is 11.7 Å². The first-order valence-electron chi connectivity index (χ1n) is 4.88. The summed E-state index contributed by atoms with van der Waals surface area (Å²) in [4.78, 5) is 11.1. The molecule has 1 aliphatic carbocycles. The van der Waals surface area contributed by atoms with E-state index in [9.17, 15) is 4.79 Å². The van der Waals surface area contributed by atoms with Crippen LogP contribution in [-0.2, 0) is 4.79 Å². The Kier molecular flexibility index (Phi) is 4.18. The molecule has 1 fully saturated rings. The van der Waals surface area contributed by atoms with Crippen LogP contribution in [0.5, 0.6) is 0 Å². The fourth-order valence-electron chi connectivity index (χ4n) is 1.39. The maximum atomic E-state index is 11.1. The zero-order valence-electron chi connectivity index (χ0n) is 7.83. The molecule has 0 spiro atoms. The molecule has 1 rings (SSSR count). The Hall–Kier alpha value is -0.610. The van der Waals surface area contributed by atoms with Crippen LogP contribution in [0.15, 0.2) is 0 Å². The maximum Gasteiger partial charge on any atom is 0.239 e. The lowest BCUT2D eigenvalue weighted by molar-refractivity contribution is -0.123. The highest BCUT2D eigenvalue weighted by atomic mass is 16.3. The highest BCUT2D eigenvalue weighted by Gasteiger charge is 2.17. The number of amides is 1. The fraction of sp³-hybridized carbons (Fsp3) is 0.889. The van der Waals surface area contributed by atoms with Gasteiger partial charge in [0.15, 0.2) is 0 Å². The fourth-order valence-corrected chi connectivity index (χ4v) is 1.39. The largest absolute Gasteiger partial charge is 0.394 e.